The summed E-state index contributed by atoms with van der Waals surface area (Å²) in [5.41, 5.74) is 2.88. The number of nitrogens with one attached hydrogen (secondary N) is 1. The molecule has 2 heterocycles. The third-order valence-electron chi connectivity index (χ3n) is 2.89. The Labute approximate surface area is 122 Å². The molecule has 0 amide bonds. The molecule has 19 heavy (non-hydrogen) atoms. The van der Waals surface area contributed by atoms with Crippen molar-refractivity contribution in [3.05, 3.63) is 76.2 Å². The Bertz CT molecular complexity index is 627. The fraction of sp³-hybridized carbons (Fsp3) is 0.0667. The number of fused-ring (bicyclic) bond motifs is 1. The quantitative estimate of drug-likeness (QED) is 0.813. The summed E-state index contributed by atoms with van der Waals surface area (Å²) in [6.45, 7) is 0.826. The van der Waals surface area contributed by atoms with Crippen molar-refractivity contribution in [1.29, 1.82) is 0 Å². The summed E-state index contributed by atoms with van der Waals surface area (Å²) in [4.78, 5) is 2.13. The Morgan fingerprint density at radius 3 is 2.89 bits per heavy atom. The molecule has 0 unspecified atom stereocenters. The molecule has 1 aromatic rings. The molecule has 1 N–H and O–H groups in total. The van der Waals surface area contributed by atoms with Crippen LogP contribution in [0.4, 0.5) is 5.69 Å². The molecular weight excluding hydrogens is 279 g/mol. The normalized spacial score (nSPS) is 16.4. The third-order valence-corrected chi connectivity index (χ3v) is 3.63. The first-order valence-corrected chi connectivity index (χ1v) is 6.66. The monoisotopic (exact) mass is 289 g/mol. The predicted molar refractivity (Wildman–Crippen MR) is 79.9 cm³/mol. The highest BCUT2D eigenvalue weighted by atomic mass is 35.5. The summed E-state index contributed by atoms with van der Waals surface area (Å²) >= 11 is 11.9. The molecule has 3 rings (SSSR count). The Morgan fingerprint density at radius 1 is 1.16 bits per heavy atom. The lowest BCUT2D eigenvalue weighted by molar-refractivity contribution is 0.517. The van der Waals surface area contributed by atoms with E-state index in [9.17, 15) is 0 Å². The van der Waals surface area contributed by atoms with E-state index in [-0.39, 0.29) is 0 Å². The summed E-state index contributed by atoms with van der Waals surface area (Å²) in [6, 6.07) is 5.47. The number of benzene rings is 1. The van der Waals surface area contributed by atoms with Crippen molar-refractivity contribution < 1.29 is 0 Å². The molecule has 1 aromatic carbocycles. The van der Waals surface area contributed by atoms with Gasteiger partial charge < -0.3 is 10.2 Å². The minimum Gasteiger partial charge on any atom is -0.326 e. The van der Waals surface area contributed by atoms with Gasteiger partial charge in [-0.25, -0.2) is 0 Å². The molecule has 0 bridgehead atoms. The Balaban J connectivity index is 1.79. The van der Waals surface area contributed by atoms with Gasteiger partial charge in [-0.15, -0.1) is 0 Å². The number of nitrogens with zero attached hydrogens (tertiary/aromatic N) is 1. The van der Waals surface area contributed by atoms with Crippen molar-refractivity contribution in [3.63, 3.8) is 0 Å². The lowest BCUT2D eigenvalue weighted by Gasteiger charge is -2.19. The van der Waals surface area contributed by atoms with Gasteiger partial charge in [0.05, 0.1) is 34.8 Å². The second kappa shape index (κ2) is 5.10. The standard InChI is InChI=1S/C15H11Cl2N2/c16-14-5-4-11(10-15(14)17)18-12-6-8-19-7-2-1-3-13(19)9-12/h1-7,10,18H,8H2/q+1. The van der Waals surface area contributed by atoms with E-state index in [2.05, 4.69) is 22.4 Å². The van der Waals surface area contributed by atoms with E-state index in [0.717, 1.165) is 23.6 Å². The molecule has 0 aromatic heterocycles. The third kappa shape index (κ3) is 2.66. The molecule has 2 nitrogen and oxygen atoms in total. The Morgan fingerprint density at radius 2 is 2.05 bits per heavy atom. The number of halogens is 2. The van der Waals surface area contributed by atoms with Crippen molar-refractivity contribution in [2.45, 2.75) is 0 Å². The smallest absolute Gasteiger partial charge is 0.211 e. The topological polar surface area (TPSA) is 15.3 Å². The predicted octanol–water partition coefficient (Wildman–Crippen LogP) is 4.38. The maximum atomic E-state index is 6.00. The molecular formula is C15H11Cl2N2+. The zero-order chi connectivity index (χ0) is 13.2. The van der Waals surface area contributed by atoms with Gasteiger partial charge in [0.2, 0.25) is 11.4 Å². The zero-order valence-electron chi connectivity index (χ0n) is 10.0. The van der Waals surface area contributed by atoms with Crippen LogP contribution in [0.1, 0.15) is 0 Å². The van der Waals surface area contributed by atoms with Crippen molar-refractivity contribution in [2.24, 2.45) is 0 Å². The molecule has 2 aliphatic heterocycles. The van der Waals surface area contributed by atoms with E-state index in [1.165, 1.54) is 0 Å². The number of hydrogen-bond acceptors (Lipinski definition) is 2. The average molecular weight is 290 g/mol. The van der Waals surface area contributed by atoms with Crippen LogP contribution in [0.5, 0.6) is 0 Å². The minimum atomic E-state index is 0.540. The number of hydrogen-bond donors (Lipinski definition) is 1. The maximum absolute atomic E-state index is 6.00. The summed E-state index contributed by atoms with van der Waals surface area (Å²) < 4.78 is 0. The molecule has 4 heteroatoms. The fourth-order valence-corrected chi connectivity index (χ4v) is 2.24. The fourth-order valence-electron chi connectivity index (χ4n) is 1.94. The highest BCUT2D eigenvalue weighted by Crippen LogP contribution is 2.27. The van der Waals surface area contributed by atoms with Crippen molar-refractivity contribution in [1.82, 2.24) is 4.90 Å². The van der Waals surface area contributed by atoms with Gasteiger partial charge in [0.1, 0.15) is 0 Å². The Hall–Kier alpha value is -1.73. The van der Waals surface area contributed by atoms with Gasteiger partial charge in [-0.2, -0.15) is 0 Å². The van der Waals surface area contributed by atoms with Crippen LogP contribution in [0, 0.1) is 6.08 Å². The molecule has 0 fully saturated rings. The van der Waals surface area contributed by atoms with E-state index < -0.39 is 0 Å². The van der Waals surface area contributed by atoms with E-state index >= 15 is 0 Å². The highest BCUT2D eigenvalue weighted by Gasteiger charge is 2.20. The summed E-state index contributed by atoms with van der Waals surface area (Å²) in [5, 5.41) is 4.38. The molecule has 0 radical (unpaired) electrons. The van der Waals surface area contributed by atoms with Crippen LogP contribution in [0.25, 0.3) is 0 Å². The van der Waals surface area contributed by atoms with Gasteiger partial charge in [0.25, 0.3) is 0 Å². The van der Waals surface area contributed by atoms with E-state index in [1.54, 1.807) is 12.1 Å². The van der Waals surface area contributed by atoms with Gasteiger partial charge in [-0.3, -0.25) is 0 Å². The van der Waals surface area contributed by atoms with Gasteiger partial charge >= 0.3 is 0 Å². The molecule has 94 valence electrons. The average Bonchev–Trinajstić information content (AvgIpc) is 2.43. The molecule has 0 saturated carbocycles. The van der Waals surface area contributed by atoms with Gasteiger partial charge in [-0.05, 0) is 30.4 Å². The maximum Gasteiger partial charge on any atom is 0.211 e. The molecule has 2 aliphatic rings. The van der Waals surface area contributed by atoms with Gasteiger partial charge in [-0.1, -0.05) is 23.2 Å². The van der Waals surface area contributed by atoms with Gasteiger partial charge in [0, 0.05) is 11.9 Å². The van der Waals surface area contributed by atoms with Crippen LogP contribution in [-0.4, -0.2) is 11.4 Å². The first-order chi connectivity index (χ1) is 9.22. The van der Waals surface area contributed by atoms with Crippen LogP contribution in [-0.2, 0) is 0 Å². The van der Waals surface area contributed by atoms with E-state index in [4.69, 9.17) is 23.2 Å². The minimum absolute atomic E-state index is 0.540. The van der Waals surface area contributed by atoms with Crippen molar-refractivity contribution in [3.8, 4) is 0 Å². The van der Waals surface area contributed by atoms with E-state index in [0.29, 0.717) is 10.0 Å². The van der Waals surface area contributed by atoms with Crippen LogP contribution in [0.2, 0.25) is 10.0 Å². The number of rotatable bonds is 2. The van der Waals surface area contributed by atoms with Crippen LogP contribution >= 0.6 is 23.2 Å². The van der Waals surface area contributed by atoms with Gasteiger partial charge in [0.15, 0.2) is 0 Å². The highest BCUT2D eigenvalue weighted by molar-refractivity contribution is 6.42. The first-order valence-electron chi connectivity index (χ1n) is 5.90. The van der Waals surface area contributed by atoms with Crippen molar-refractivity contribution in [2.75, 3.05) is 11.9 Å². The van der Waals surface area contributed by atoms with Crippen LogP contribution in [0.15, 0.2) is 60.1 Å². The Kier molecular flexibility index (Phi) is 3.31. The second-order valence-electron chi connectivity index (χ2n) is 4.23. The molecule has 0 aliphatic carbocycles. The zero-order valence-corrected chi connectivity index (χ0v) is 11.5. The first kappa shape index (κ1) is 12.3. The lowest BCUT2D eigenvalue weighted by atomic mass is 10.1. The number of anilines is 1. The largest absolute Gasteiger partial charge is 0.326 e. The SMILES string of the molecule is Clc1ccc(NC2=CCN3C=CC=CC3=[C+]2)cc1Cl. The lowest BCUT2D eigenvalue weighted by Crippen LogP contribution is -2.22. The van der Waals surface area contributed by atoms with Crippen LogP contribution < -0.4 is 5.32 Å². The number of allylic oxidation sites excluding steroid dienone is 4. The summed E-state index contributed by atoms with van der Waals surface area (Å²) in [6.07, 6.45) is 13.5. The molecule has 0 saturated heterocycles. The molecule has 0 atom stereocenters. The van der Waals surface area contributed by atoms with Crippen LogP contribution in [0.3, 0.4) is 0 Å². The van der Waals surface area contributed by atoms with Crippen molar-refractivity contribution >= 4 is 28.9 Å². The summed E-state index contributed by atoms with van der Waals surface area (Å²) in [7, 11) is 0. The van der Waals surface area contributed by atoms with E-state index in [1.807, 2.05) is 30.5 Å². The molecule has 0 spiro atoms. The second-order valence-corrected chi connectivity index (χ2v) is 5.05. The summed E-state index contributed by atoms with van der Waals surface area (Å²) in [5.74, 6) is 0.